The highest BCUT2D eigenvalue weighted by Gasteiger charge is 2.30. The maximum Gasteiger partial charge on any atom is 0.407 e. The van der Waals surface area contributed by atoms with E-state index in [1.807, 2.05) is 36.4 Å². The number of carbonyl (C=O) groups excluding carboxylic acids is 1. The van der Waals surface area contributed by atoms with Gasteiger partial charge in [0.05, 0.1) is 16.6 Å². The van der Waals surface area contributed by atoms with Crippen LogP contribution >= 0.6 is 0 Å². The van der Waals surface area contributed by atoms with Crippen molar-refractivity contribution in [2.45, 2.75) is 38.4 Å². The number of alkyl carbamates (subject to hydrolysis) is 1. The maximum absolute atomic E-state index is 12.3. The Balaban J connectivity index is 1.32. The van der Waals surface area contributed by atoms with Crippen LogP contribution in [0, 0.1) is 24.0 Å². The zero-order valence-corrected chi connectivity index (χ0v) is 19.6. The number of benzene rings is 3. The highest BCUT2D eigenvalue weighted by atomic mass is 16.6. The molecular formula is C27H28N2O6. The standard InChI is InChI=1S/C27H28N2O6/c1-16-13-17(2)25(23(14-16)29(33)34)26(31)24(30)11-12-28-27(32)35-15-22-20-9-5-3-7-18(20)19-8-4-6-10-21(19)22/h3-10,13-14,22,24,26,30-31H,11-12,15H2,1-2H3,(H,28,32). The third-order valence-corrected chi connectivity index (χ3v) is 6.42. The Hall–Kier alpha value is -3.75. The summed E-state index contributed by atoms with van der Waals surface area (Å²) >= 11 is 0. The summed E-state index contributed by atoms with van der Waals surface area (Å²) in [5, 5.41) is 35.0. The van der Waals surface area contributed by atoms with Crippen molar-refractivity contribution >= 4 is 11.8 Å². The van der Waals surface area contributed by atoms with Crippen LogP contribution in [0.25, 0.3) is 11.1 Å². The number of nitro groups is 1. The van der Waals surface area contributed by atoms with Crippen LogP contribution < -0.4 is 5.32 Å². The number of carbonyl (C=O) groups is 1. The summed E-state index contributed by atoms with van der Waals surface area (Å²) in [6.07, 6.45) is -3.40. The molecule has 0 aromatic heterocycles. The molecule has 0 radical (unpaired) electrons. The number of aliphatic hydroxyl groups excluding tert-OH is 2. The molecule has 182 valence electrons. The molecule has 8 nitrogen and oxygen atoms in total. The van der Waals surface area contributed by atoms with Crippen LogP contribution in [0.4, 0.5) is 10.5 Å². The summed E-state index contributed by atoms with van der Waals surface area (Å²) in [5.74, 6) is -0.0642. The second kappa shape index (κ2) is 10.2. The first-order valence-electron chi connectivity index (χ1n) is 11.5. The molecule has 0 spiro atoms. The molecule has 1 amide bonds. The highest BCUT2D eigenvalue weighted by molar-refractivity contribution is 5.79. The largest absolute Gasteiger partial charge is 0.449 e. The normalized spacial score (nSPS) is 14.1. The average molecular weight is 477 g/mol. The summed E-state index contributed by atoms with van der Waals surface area (Å²) in [6, 6.07) is 19.2. The van der Waals surface area contributed by atoms with Gasteiger partial charge in [-0.25, -0.2) is 4.79 Å². The van der Waals surface area contributed by atoms with Gasteiger partial charge in [0.15, 0.2) is 0 Å². The SMILES string of the molecule is Cc1cc(C)c(C(O)C(O)CCNC(=O)OCC2c3ccccc3-c3ccccc32)c([N+](=O)[O-])c1. The number of amides is 1. The highest BCUT2D eigenvalue weighted by Crippen LogP contribution is 2.44. The van der Waals surface area contributed by atoms with Crippen molar-refractivity contribution in [3.05, 3.63) is 98.6 Å². The van der Waals surface area contributed by atoms with Crippen molar-refractivity contribution in [2.75, 3.05) is 13.2 Å². The van der Waals surface area contributed by atoms with E-state index in [1.165, 1.54) is 6.07 Å². The predicted molar refractivity (Wildman–Crippen MR) is 131 cm³/mol. The summed E-state index contributed by atoms with van der Waals surface area (Å²) in [7, 11) is 0. The Morgan fingerprint density at radius 1 is 1.06 bits per heavy atom. The molecule has 0 saturated carbocycles. The number of hydrogen-bond donors (Lipinski definition) is 3. The number of aryl methyl sites for hydroxylation is 2. The van der Waals surface area contributed by atoms with Crippen molar-refractivity contribution < 1.29 is 24.7 Å². The minimum Gasteiger partial charge on any atom is -0.449 e. The van der Waals surface area contributed by atoms with Gasteiger partial charge >= 0.3 is 6.09 Å². The van der Waals surface area contributed by atoms with Gasteiger partial charge in [0.1, 0.15) is 12.7 Å². The van der Waals surface area contributed by atoms with E-state index in [4.69, 9.17) is 4.74 Å². The molecule has 8 heteroatoms. The van der Waals surface area contributed by atoms with Crippen LogP contribution in [0.3, 0.4) is 0 Å². The van der Waals surface area contributed by atoms with Crippen LogP contribution in [0.1, 0.15) is 46.3 Å². The van der Waals surface area contributed by atoms with E-state index in [9.17, 15) is 25.1 Å². The van der Waals surface area contributed by atoms with Gasteiger partial charge in [-0.3, -0.25) is 10.1 Å². The molecule has 3 N–H and O–H groups in total. The molecule has 0 heterocycles. The second-order valence-corrected chi connectivity index (χ2v) is 8.82. The Kier molecular flexibility index (Phi) is 7.14. The summed E-state index contributed by atoms with van der Waals surface area (Å²) in [5.41, 5.74) is 5.53. The Labute approximate surface area is 203 Å². The number of ether oxygens (including phenoxy) is 1. The zero-order chi connectivity index (χ0) is 25.1. The molecule has 1 aliphatic rings. The summed E-state index contributed by atoms with van der Waals surface area (Å²) in [4.78, 5) is 23.2. The minimum atomic E-state index is -1.46. The third-order valence-electron chi connectivity index (χ3n) is 6.42. The van der Waals surface area contributed by atoms with Crippen LogP contribution in [-0.2, 0) is 4.74 Å². The van der Waals surface area contributed by atoms with Gasteiger partial charge < -0.3 is 20.3 Å². The molecule has 4 rings (SSSR count). The Morgan fingerprint density at radius 2 is 1.66 bits per heavy atom. The predicted octanol–water partition coefficient (Wildman–Crippen LogP) is 4.53. The quantitative estimate of drug-likeness (QED) is 0.324. The minimum absolute atomic E-state index is 0.00413. The molecule has 0 aliphatic heterocycles. The molecule has 35 heavy (non-hydrogen) atoms. The molecule has 3 aromatic carbocycles. The van der Waals surface area contributed by atoms with Crippen molar-refractivity contribution in [3.63, 3.8) is 0 Å². The van der Waals surface area contributed by atoms with E-state index in [1.54, 1.807) is 19.9 Å². The van der Waals surface area contributed by atoms with E-state index in [0.717, 1.165) is 22.3 Å². The molecule has 0 saturated heterocycles. The van der Waals surface area contributed by atoms with Crippen molar-refractivity contribution in [1.82, 2.24) is 5.32 Å². The van der Waals surface area contributed by atoms with Gasteiger partial charge in [-0.15, -0.1) is 0 Å². The molecule has 3 aromatic rings. The lowest BCUT2D eigenvalue weighted by molar-refractivity contribution is -0.386. The van der Waals surface area contributed by atoms with Crippen molar-refractivity contribution in [3.8, 4) is 11.1 Å². The maximum atomic E-state index is 12.3. The Morgan fingerprint density at radius 3 is 2.26 bits per heavy atom. The number of nitrogens with one attached hydrogen (secondary N) is 1. The van der Waals surface area contributed by atoms with Gasteiger partial charge in [0.2, 0.25) is 0 Å². The topological polar surface area (TPSA) is 122 Å². The van der Waals surface area contributed by atoms with Gasteiger partial charge in [0, 0.05) is 18.5 Å². The second-order valence-electron chi connectivity index (χ2n) is 8.82. The number of fused-ring (bicyclic) bond motifs is 3. The molecule has 0 bridgehead atoms. The van der Waals surface area contributed by atoms with Gasteiger partial charge in [-0.1, -0.05) is 54.6 Å². The number of nitro benzene ring substituents is 1. The number of nitrogens with zero attached hydrogens (tertiary/aromatic N) is 1. The lowest BCUT2D eigenvalue weighted by atomic mass is 9.94. The van der Waals surface area contributed by atoms with E-state index in [0.29, 0.717) is 11.1 Å². The van der Waals surface area contributed by atoms with E-state index in [-0.39, 0.29) is 36.7 Å². The fourth-order valence-corrected chi connectivity index (χ4v) is 4.81. The first-order chi connectivity index (χ1) is 16.8. The van der Waals surface area contributed by atoms with Crippen molar-refractivity contribution in [2.24, 2.45) is 0 Å². The van der Waals surface area contributed by atoms with E-state index in [2.05, 4.69) is 17.4 Å². The van der Waals surface area contributed by atoms with E-state index >= 15 is 0 Å². The van der Waals surface area contributed by atoms with Gasteiger partial charge in [-0.05, 0) is 53.6 Å². The van der Waals surface area contributed by atoms with Gasteiger partial charge in [0.25, 0.3) is 5.69 Å². The summed E-state index contributed by atoms with van der Waals surface area (Å²) in [6.45, 7) is 3.58. The number of hydrogen-bond acceptors (Lipinski definition) is 6. The van der Waals surface area contributed by atoms with Gasteiger partial charge in [-0.2, -0.15) is 0 Å². The lowest BCUT2D eigenvalue weighted by Gasteiger charge is -2.20. The fraction of sp³-hybridized carbons (Fsp3) is 0.296. The van der Waals surface area contributed by atoms with Crippen LogP contribution in [0.15, 0.2) is 60.7 Å². The first-order valence-corrected chi connectivity index (χ1v) is 11.5. The lowest BCUT2D eigenvalue weighted by Crippen LogP contribution is -2.31. The number of rotatable bonds is 8. The molecular weight excluding hydrogens is 448 g/mol. The zero-order valence-electron chi connectivity index (χ0n) is 19.6. The fourth-order valence-electron chi connectivity index (χ4n) is 4.81. The molecule has 1 aliphatic carbocycles. The molecule has 0 fully saturated rings. The molecule has 2 atom stereocenters. The van der Waals surface area contributed by atoms with Crippen molar-refractivity contribution in [1.29, 1.82) is 0 Å². The smallest absolute Gasteiger partial charge is 0.407 e. The van der Waals surface area contributed by atoms with Crippen LogP contribution in [-0.4, -0.2) is 40.5 Å². The Bertz CT molecular complexity index is 1210. The average Bonchev–Trinajstić information content (AvgIpc) is 3.15. The summed E-state index contributed by atoms with van der Waals surface area (Å²) < 4.78 is 5.47. The van der Waals surface area contributed by atoms with Crippen LogP contribution in [0.5, 0.6) is 0 Å². The third kappa shape index (κ3) is 5.03. The first kappa shape index (κ1) is 24.4. The van der Waals surface area contributed by atoms with E-state index < -0.39 is 23.2 Å². The number of aliphatic hydroxyl groups is 2. The monoisotopic (exact) mass is 476 g/mol. The van der Waals surface area contributed by atoms with Crippen LogP contribution in [0.2, 0.25) is 0 Å². The molecule has 2 unspecified atom stereocenters.